The minimum atomic E-state index is -1.78. The molecule has 1 atom stereocenters. The van der Waals surface area contributed by atoms with Crippen LogP contribution in [0.4, 0.5) is 13.2 Å². The fourth-order valence-electron chi connectivity index (χ4n) is 0.964. The average Bonchev–Trinajstić information content (AvgIpc) is 2.13. The minimum absolute atomic E-state index is 0.0599. The van der Waals surface area contributed by atoms with Gasteiger partial charge >= 0.3 is 0 Å². The molecule has 0 amide bonds. The van der Waals surface area contributed by atoms with Crippen LogP contribution >= 0.6 is 0 Å². The van der Waals surface area contributed by atoms with Gasteiger partial charge in [-0.15, -0.1) is 0 Å². The van der Waals surface area contributed by atoms with E-state index in [1.165, 1.54) is 12.1 Å². The van der Waals surface area contributed by atoms with Crippen molar-refractivity contribution in [2.24, 2.45) is 0 Å². The van der Waals surface area contributed by atoms with Crippen LogP contribution in [0.25, 0.3) is 0 Å². The lowest BCUT2D eigenvalue weighted by molar-refractivity contribution is -0.111. The van der Waals surface area contributed by atoms with E-state index in [9.17, 15) is 18.0 Å². The number of hydrogen-bond donors (Lipinski definition) is 0. The predicted molar refractivity (Wildman–Crippen MR) is 41.0 cm³/mol. The number of carbonyl (C=O) groups is 1. The van der Waals surface area contributed by atoms with E-state index in [0.29, 0.717) is 0 Å². The largest absolute Gasteiger partial charge is 0.300 e. The molecule has 0 bridgehead atoms. The maximum atomic E-state index is 12.8. The Labute approximate surface area is 73.2 Å². The van der Waals surface area contributed by atoms with Crippen LogP contribution < -0.4 is 0 Å². The van der Waals surface area contributed by atoms with Crippen LogP contribution in [0, 0.1) is 11.6 Å². The fraction of sp³-hybridized carbons (Fsp3) is 0.222. The summed E-state index contributed by atoms with van der Waals surface area (Å²) in [5, 5.41) is 0. The number of halogens is 3. The Morgan fingerprint density at radius 3 is 2.69 bits per heavy atom. The lowest BCUT2D eigenvalue weighted by atomic mass is 10.1. The summed E-state index contributed by atoms with van der Waals surface area (Å²) in [5.41, 5.74) is -0.125. The third-order valence-electron chi connectivity index (χ3n) is 1.59. The molecule has 0 aromatic heterocycles. The molecular formula is C9H7F3O. The van der Waals surface area contributed by atoms with Gasteiger partial charge in [-0.2, -0.15) is 0 Å². The van der Waals surface area contributed by atoms with E-state index in [1.54, 1.807) is 0 Å². The highest BCUT2D eigenvalue weighted by Gasteiger charge is 2.12. The summed E-state index contributed by atoms with van der Waals surface area (Å²) in [6, 6.07) is 3.45. The van der Waals surface area contributed by atoms with Crippen LogP contribution in [0.15, 0.2) is 18.2 Å². The van der Waals surface area contributed by atoms with Gasteiger partial charge in [0.1, 0.15) is 0 Å². The molecule has 0 spiro atoms. The van der Waals surface area contributed by atoms with Crippen LogP contribution in [0.3, 0.4) is 0 Å². The van der Waals surface area contributed by atoms with Gasteiger partial charge in [0.15, 0.2) is 24.1 Å². The number of rotatable bonds is 3. The molecule has 0 fully saturated rings. The van der Waals surface area contributed by atoms with Crippen molar-refractivity contribution < 1.29 is 18.0 Å². The van der Waals surface area contributed by atoms with Crippen LogP contribution in [0.5, 0.6) is 0 Å². The molecule has 1 aromatic carbocycles. The molecule has 0 saturated carbocycles. The van der Waals surface area contributed by atoms with Gasteiger partial charge in [0, 0.05) is 6.42 Å². The van der Waals surface area contributed by atoms with Gasteiger partial charge in [-0.25, -0.2) is 13.2 Å². The zero-order valence-electron chi connectivity index (χ0n) is 6.64. The first kappa shape index (κ1) is 9.77. The van der Waals surface area contributed by atoms with Gasteiger partial charge in [0.05, 0.1) is 0 Å². The molecule has 1 aromatic rings. The van der Waals surface area contributed by atoms with Crippen molar-refractivity contribution in [2.45, 2.75) is 12.6 Å². The van der Waals surface area contributed by atoms with E-state index in [0.717, 1.165) is 6.07 Å². The lowest BCUT2D eigenvalue weighted by Crippen LogP contribution is -2.08. The quantitative estimate of drug-likeness (QED) is 0.663. The van der Waals surface area contributed by atoms with Gasteiger partial charge in [-0.1, -0.05) is 12.1 Å². The summed E-state index contributed by atoms with van der Waals surface area (Å²) in [5.74, 6) is -2.12. The Morgan fingerprint density at radius 2 is 2.08 bits per heavy atom. The molecule has 1 rings (SSSR count). The predicted octanol–water partition coefficient (Wildman–Crippen LogP) is 2.04. The van der Waals surface area contributed by atoms with Crippen molar-refractivity contribution in [3.05, 3.63) is 35.4 Å². The van der Waals surface area contributed by atoms with Crippen LogP contribution in [0.1, 0.15) is 5.56 Å². The highest BCUT2D eigenvalue weighted by molar-refractivity contribution is 5.56. The number of benzene rings is 1. The highest BCUT2D eigenvalue weighted by Crippen LogP contribution is 2.13. The smallest absolute Gasteiger partial charge is 0.162 e. The minimum Gasteiger partial charge on any atom is -0.300 e. The van der Waals surface area contributed by atoms with Crippen molar-refractivity contribution in [1.29, 1.82) is 0 Å². The third kappa shape index (κ3) is 2.31. The van der Waals surface area contributed by atoms with Gasteiger partial charge in [-0.3, -0.25) is 0 Å². The Balaban J connectivity index is 2.88. The molecule has 0 saturated heterocycles. The first-order valence-corrected chi connectivity index (χ1v) is 3.67. The first-order chi connectivity index (χ1) is 6.15. The van der Waals surface area contributed by atoms with Crippen molar-refractivity contribution in [1.82, 2.24) is 0 Å². The van der Waals surface area contributed by atoms with Gasteiger partial charge in [0.2, 0.25) is 0 Å². The van der Waals surface area contributed by atoms with E-state index >= 15 is 0 Å². The van der Waals surface area contributed by atoms with E-state index in [2.05, 4.69) is 0 Å². The molecule has 0 aliphatic rings. The van der Waals surface area contributed by atoms with E-state index in [4.69, 9.17) is 0 Å². The fourth-order valence-corrected chi connectivity index (χ4v) is 0.964. The molecule has 70 valence electrons. The molecule has 0 aliphatic heterocycles. The second-order valence-corrected chi connectivity index (χ2v) is 2.57. The first-order valence-electron chi connectivity index (χ1n) is 3.67. The summed E-state index contributed by atoms with van der Waals surface area (Å²) < 4.78 is 37.9. The highest BCUT2D eigenvalue weighted by atomic mass is 19.2. The van der Waals surface area contributed by atoms with Gasteiger partial charge in [0.25, 0.3) is 0 Å². The van der Waals surface area contributed by atoms with Crippen molar-refractivity contribution in [3.63, 3.8) is 0 Å². The Hall–Kier alpha value is -1.32. The van der Waals surface area contributed by atoms with Crippen molar-refractivity contribution in [2.75, 3.05) is 0 Å². The maximum Gasteiger partial charge on any atom is 0.162 e. The zero-order chi connectivity index (χ0) is 9.84. The zero-order valence-corrected chi connectivity index (χ0v) is 6.64. The second kappa shape index (κ2) is 4.07. The van der Waals surface area contributed by atoms with Gasteiger partial charge < -0.3 is 4.79 Å². The summed E-state index contributed by atoms with van der Waals surface area (Å²) in [7, 11) is 0. The Morgan fingerprint density at radius 1 is 1.38 bits per heavy atom. The molecular weight excluding hydrogens is 181 g/mol. The average molecular weight is 188 g/mol. The molecule has 0 N–H and O–H groups in total. The second-order valence-electron chi connectivity index (χ2n) is 2.57. The molecule has 1 nitrogen and oxygen atoms in total. The summed E-state index contributed by atoms with van der Waals surface area (Å²) in [6.45, 7) is 0. The molecule has 0 heterocycles. The third-order valence-corrected chi connectivity index (χ3v) is 1.59. The monoisotopic (exact) mass is 188 g/mol. The molecule has 0 radical (unpaired) electrons. The van der Waals surface area contributed by atoms with Gasteiger partial charge in [-0.05, 0) is 11.6 Å². The number of carbonyl (C=O) groups excluding carboxylic acids is 1. The topological polar surface area (TPSA) is 17.1 Å². The summed E-state index contributed by atoms with van der Waals surface area (Å²) in [6.07, 6.45) is -2.14. The Kier molecular flexibility index (Phi) is 3.06. The Bertz CT molecular complexity index is 312. The standard InChI is InChI=1S/C9H7F3O/c10-7(5-13)4-6-2-1-3-8(11)9(6)12/h1-3,5,7H,4H2. The number of alkyl halides is 1. The number of hydrogen-bond acceptors (Lipinski definition) is 1. The van der Waals surface area contributed by atoms with Crippen LogP contribution in [0.2, 0.25) is 0 Å². The molecule has 13 heavy (non-hydrogen) atoms. The maximum absolute atomic E-state index is 12.8. The van der Waals surface area contributed by atoms with E-state index in [-0.39, 0.29) is 11.8 Å². The van der Waals surface area contributed by atoms with E-state index < -0.39 is 24.2 Å². The summed E-state index contributed by atoms with van der Waals surface area (Å²) in [4.78, 5) is 9.91. The van der Waals surface area contributed by atoms with Crippen LogP contribution in [-0.2, 0) is 11.2 Å². The lowest BCUT2D eigenvalue weighted by Gasteiger charge is -2.02. The molecule has 0 aliphatic carbocycles. The van der Waals surface area contributed by atoms with Crippen LogP contribution in [-0.4, -0.2) is 12.5 Å². The summed E-state index contributed by atoms with van der Waals surface area (Å²) >= 11 is 0. The number of aldehydes is 1. The molecule has 1 unspecified atom stereocenters. The normalized spacial score (nSPS) is 12.5. The van der Waals surface area contributed by atoms with E-state index in [1.807, 2.05) is 0 Å². The SMILES string of the molecule is O=CC(F)Cc1cccc(F)c1F. The van der Waals surface area contributed by atoms with Crippen molar-refractivity contribution in [3.8, 4) is 0 Å². The van der Waals surface area contributed by atoms with Crippen molar-refractivity contribution >= 4 is 6.29 Å². The molecule has 4 heteroatoms.